The van der Waals surface area contributed by atoms with Gasteiger partial charge in [0.25, 0.3) is 0 Å². The molecule has 0 unspecified atom stereocenters. The first kappa shape index (κ1) is 40.5. The van der Waals surface area contributed by atoms with Crippen molar-refractivity contribution in [3.05, 3.63) is 239 Å². The highest BCUT2D eigenvalue weighted by Gasteiger charge is 2.45. The summed E-state index contributed by atoms with van der Waals surface area (Å²) in [6.07, 6.45) is 13.7. The summed E-state index contributed by atoms with van der Waals surface area (Å²) < 4.78 is 2.45. The van der Waals surface area contributed by atoms with Crippen molar-refractivity contribution in [2.75, 3.05) is 0 Å². The van der Waals surface area contributed by atoms with Crippen molar-refractivity contribution < 1.29 is 0 Å². The fourth-order valence-electron chi connectivity index (χ4n) is 12.4. The van der Waals surface area contributed by atoms with Crippen LogP contribution in [0.2, 0.25) is 0 Å². The molecule has 1 aromatic heterocycles. The van der Waals surface area contributed by atoms with E-state index in [0.717, 1.165) is 0 Å². The molecule has 0 aliphatic heterocycles. The van der Waals surface area contributed by atoms with Gasteiger partial charge in [-0.3, -0.25) is 0 Å². The third-order valence-electron chi connectivity index (χ3n) is 15.9. The minimum absolute atomic E-state index is 0.0523. The van der Waals surface area contributed by atoms with Crippen molar-refractivity contribution in [2.24, 2.45) is 0 Å². The second kappa shape index (κ2) is 15.7. The summed E-state index contributed by atoms with van der Waals surface area (Å²) in [5, 5.41) is 2.54. The lowest BCUT2D eigenvalue weighted by molar-refractivity contribution is 0.550. The molecule has 0 N–H and O–H groups in total. The standard InChI is InChI=1S/C67H53N/c1-4-11-44-18-24-48(25-19-44)51-30-34-56-57-35-31-52(42-63(57)67(62(56)41-51)38-9-10-39-67)49-28-22-46(23-29-49)17-16-45-20-26-47(27-21-45)50-32-37-65-59(40-50)58-13-6-8-15-64(58)68(65)53-33-36-55-54-12-5-7-14-60(54)66(2,3)61(55)43-53/h4-8,11-37,40-43H,9-10,38-39H2,1-3H3/b11-4+,17-16+. The van der Waals surface area contributed by atoms with E-state index in [0.29, 0.717) is 0 Å². The summed E-state index contributed by atoms with van der Waals surface area (Å²) in [5.41, 5.74) is 26.3. The van der Waals surface area contributed by atoms with E-state index in [-0.39, 0.29) is 10.8 Å². The third-order valence-corrected chi connectivity index (χ3v) is 15.9. The average Bonchev–Trinajstić information content (AvgIpc) is 4.14. The number of benzene rings is 9. The summed E-state index contributed by atoms with van der Waals surface area (Å²) in [6.45, 7) is 6.79. The number of para-hydroxylation sites is 1. The largest absolute Gasteiger partial charge is 0.309 e. The molecule has 68 heavy (non-hydrogen) atoms. The third kappa shape index (κ3) is 6.36. The highest BCUT2D eigenvalue weighted by Crippen LogP contribution is 2.58. The molecule has 0 radical (unpaired) electrons. The Hall–Kier alpha value is -7.74. The number of allylic oxidation sites excluding steroid dienone is 1. The number of rotatable bonds is 7. The van der Waals surface area contributed by atoms with Crippen LogP contribution in [-0.4, -0.2) is 4.57 Å². The Bertz CT molecular complexity index is 3680. The molecule has 13 rings (SSSR count). The minimum atomic E-state index is -0.0523. The molecular formula is C67H53N. The van der Waals surface area contributed by atoms with E-state index in [2.05, 4.69) is 244 Å². The lowest BCUT2D eigenvalue weighted by Gasteiger charge is -2.27. The van der Waals surface area contributed by atoms with Gasteiger partial charge in [0.1, 0.15) is 0 Å². The quantitative estimate of drug-likeness (QED) is 0.141. The Morgan fingerprint density at radius 1 is 0.382 bits per heavy atom. The maximum Gasteiger partial charge on any atom is 0.0541 e. The van der Waals surface area contributed by atoms with Crippen molar-refractivity contribution in [2.45, 2.75) is 57.3 Å². The first-order valence-corrected chi connectivity index (χ1v) is 24.6. The van der Waals surface area contributed by atoms with Gasteiger partial charge in [-0.15, -0.1) is 0 Å². The molecule has 1 fully saturated rings. The lowest BCUT2D eigenvalue weighted by Crippen LogP contribution is -2.20. The molecule has 1 saturated carbocycles. The zero-order chi connectivity index (χ0) is 45.6. The fourth-order valence-corrected chi connectivity index (χ4v) is 12.4. The van der Waals surface area contributed by atoms with Crippen molar-refractivity contribution in [1.82, 2.24) is 4.57 Å². The monoisotopic (exact) mass is 871 g/mol. The number of hydrogen-bond donors (Lipinski definition) is 0. The number of nitrogens with zero attached hydrogens (tertiary/aromatic N) is 1. The lowest BCUT2D eigenvalue weighted by atomic mass is 9.75. The first-order chi connectivity index (χ1) is 33.4. The van der Waals surface area contributed by atoms with Gasteiger partial charge < -0.3 is 4.57 Å². The topological polar surface area (TPSA) is 4.93 Å². The smallest absolute Gasteiger partial charge is 0.0541 e. The second-order valence-corrected chi connectivity index (χ2v) is 20.0. The van der Waals surface area contributed by atoms with Crippen LogP contribution in [0.3, 0.4) is 0 Å². The van der Waals surface area contributed by atoms with Gasteiger partial charge in [0.15, 0.2) is 0 Å². The van der Waals surface area contributed by atoms with Crippen LogP contribution >= 0.6 is 0 Å². The Labute approximate surface area is 400 Å². The van der Waals surface area contributed by atoms with Crippen molar-refractivity contribution in [1.29, 1.82) is 0 Å². The summed E-state index contributed by atoms with van der Waals surface area (Å²) in [4.78, 5) is 0. The van der Waals surface area contributed by atoms with Crippen LogP contribution in [0.4, 0.5) is 0 Å². The maximum absolute atomic E-state index is 2.52. The Balaban J connectivity index is 0.742. The van der Waals surface area contributed by atoms with E-state index in [9.17, 15) is 0 Å². The zero-order valence-corrected chi connectivity index (χ0v) is 39.1. The average molecular weight is 872 g/mol. The van der Waals surface area contributed by atoms with Gasteiger partial charge in [-0.2, -0.15) is 0 Å². The summed E-state index contributed by atoms with van der Waals surface area (Å²) >= 11 is 0. The van der Waals surface area contributed by atoms with Gasteiger partial charge >= 0.3 is 0 Å². The van der Waals surface area contributed by atoms with Gasteiger partial charge in [0, 0.05) is 27.3 Å². The Kier molecular flexibility index (Phi) is 9.35. The van der Waals surface area contributed by atoms with E-state index < -0.39 is 0 Å². The molecule has 0 bridgehead atoms. The van der Waals surface area contributed by atoms with Gasteiger partial charge in [-0.25, -0.2) is 0 Å². The SMILES string of the molecule is C/C=C/c1ccc(-c2ccc3c(c2)C2(CCCC2)c2cc(-c4ccc(/C=C/c5ccc(-c6ccc7c(c6)c6ccccc6n7-c6ccc7c(c6)C(C)(C)c6ccccc6-7)cc5)cc4)ccc2-3)cc1. The van der Waals surface area contributed by atoms with Crippen LogP contribution in [0.25, 0.3) is 101 Å². The maximum atomic E-state index is 2.52. The van der Waals surface area contributed by atoms with Crippen molar-refractivity contribution in [3.8, 4) is 61.3 Å². The predicted molar refractivity (Wildman–Crippen MR) is 289 cm³/mol. The number of fused-ring (bicyclic) bond motifs is 11. The molecule has 10 aromatic rings. The van der Waals surface area contributed by atoms with Crippen LogP contribution in [0.1, 0.15) is 85.4 Å². The highest BCUT2D eigenvalue weighted by molar-refractivity contribution is 6.10. The van der Waals surface area contributed by atoms with Crippen LogP contribution in [0.15, 0.2) is 200 Å². The molecule has 1 heteroatoms. The molecule has 1 spiro atoms. The van der Waals surface area contributed by atoms with Gasteiger partial charge in [-0.05, 0) is 157 Å². The van der Waals surface area contributed by atoms with Crippen LogP contribution in [0, 0.1) is 0 Å². The summed E-state index contributed by atoms with van der Waals surface area (Å²) in [7, 11) is 0. The molecule has 0 atom stereocenters. The van der Waals surface area contributed by atoms with Crippen LogP contribution in [0.5, 0.6) is 0 Å². The second-order valence-electron chi connectivity index (χ2n) is 20.0. The Morgan fingerprint density at radius 2 is 0.853 bits per heavy atom. The van der Waals surface area contributed by atoms with Crippen LogP contribution in [-0.2, 0) is 10.8 Å². The van der Waals surface area contributed by atoms with E-state index in [1.165, 1.54) is 148 Å². The molecular weight excluding hydrogens is 819 g/mol. The molecule has 0 saturated heterocycles. The van der Waals surface area contributed by atoms with E-state index >= 15 is 0 Å². The molecule has 3 aliphatic carbocycles. The molecule has 3 aliphatic rings. The first-order valence-electron chi connectivity index (χ1n) is 24.6. The molecule has 1 nitrogen and oxygen atoms in total. The van der Waals surface area contributed by atoms with E-state index in [1.54, 1.807) is 0 Å². The summed E-state index contributed by atoms with van der Waals surface area (Å²) in [6, 6.07) is 73.3. The van der Waals surface area contributed by atoms with Crippen LogP contribution < -0.4 is 0 Å². The van der Waals surface area contributed by atoms with E-state index in [1.807, 2.05) is 0 Å². The molecule has 9 aromatic carbocycles. The highest BCUT2D eigenvalue weighted by atomic mass is 15.0. The van der Waals surface area contributed by atoms with E-state index in [4.69, 9.17) is 0 Å². The fraction of sp³-hybridized carbons (Fsp3) is 0.134. The van der Waals surface area contributed by atoms with Crippen molar-refractivity contribution >= 4 is 40.0 Å². The number of hydrogen-bond acceptors (Lipinski definition) is 0. The Morgan fingerprint density at radius 3 is 1.47 bits per heavy atom. The molecule has 326 valence electrons. The summed E-state index contributed by atoms with van der Waals surface area (Å²) in [5.74, 6) is 0. The zero-order valence-electron chi connectivity index (χ0n) is 39.1. The normalized spacial score (nSPS) is 15.2. The van der Waals surface area contributed by atoms with Gasteiger partial charge in [0.2, 0.25) is 0 Å². The van der Waals surface area contributed by atoms with Gasteiger partial charge in [0.05, 0.1) is 11.0 Å². The van der Waals surface area contributed by atoms with Crippen molar-refractivity contribution in [3.63, 3.8) is 0 Å². The molecule has 1 heterocycles. The minimum Gasteiger partial charge on any atom is -0.309 e. The van der Waals surface area contributed by atoms with Gasteiger partial charge in [-0.1, -0.05) is 203 Å². The number of aromatic nitrogens is 1. The molecule has 0 amide bonds. The predicted octanol–water partition coefficient (Wildman–Crippen LogP) is 18.1.